The molecule has 0 aliphatic heterocycles. The maximum atomic E-state index is 5.88. The molecule has 16 heavy (non-hydrogen) atoms. The lowest BCUT2D eigenvalue weighted by molar-refractivity contribution is 0.646. The minimum absolute atomic E-state index is 0.672. The molecule has 0 aliphatic rings. The highest BCUT2D eigenvalue weighted by atomic mass is 15.3. The van der Waals surface area contributed by atoms with Crippen molar-refractivity contribution < 1.29 is 0 Å². The number of aryl methyl sites for hydroxylation is 2. The summed E-state index contributed by atoms with van der Waals surface area (Å²) >= 11 is 0. The first-order valence-corrected chi connectivity index (χ1v) is 5.30. The van der Waals surface area contributed by atoms with E-state index in [1.807, 2.05) is 43.7 Å². The zero-order valence-electron chi connectivity index (χ0n) is 9.86. The fourth-order valence-corrected chi connectivity index (χ4v) is 1.71. The SMILES string of the molecule is Cc1cccc(Cn2nc(C)c(N)c2C)n1. The Balaban J connectivity index is 2.30. The van der Waals surface area contributed by atoms with Crippen LogP contribution in [0.25, 0.3) is 0 Å². The van der Waals surface area contributed by atoms with Gasteiger partial charge in [-0.05, 0) is 32.9 Å². The summed E-state index contributed by atoms with van der Waals surface area (Å²) < 4.78 is 1.90. The largest absolute Gasteiger partial charge is 0.396 e. The predicted octanol–water partition coefficient (Wildman–Crippen LogP) is 1.83. The normalized spacial score (nSPS) is 10.7. The predicted molar refractivity (Wildman–Crippen MR) is 64.2 cm³/mol. The van der Waals surface area contributed by atoms with Gasteiger partial charge in [0, 0.05) is 5.69 Å². The molecular formula is C12H16N4. The third-order valence-electron chi connectivity index (χ3n) is 2.70. The molecule has 4 heteroatoms. The van der Waals surface area contributed by atoms with Gasteiger partial charge in [-0.15, -0.1) is 0 Å². The molecule has 2 N–H and O–H groups in total. The van der Waals surface area contributed by atoms with E-state index in [4.69, 9.17) is 5.73 Å². The average Bonchev–Trinajstić information content (AvgIpc) is 2.47. The van der Waals surface area contributed by atoms with E-state index in [2.05, 4.69) is 10.1 Å². The number of pyridine rings is 1. The topological polar surface area (TPSA) is 56.7 Å². The molecule has 4 nitrogen and oxygen atoms in total. The first kappa shape index (κ1) is 10.7. The molecule has 0 saturated heterocycles. The molecule has 0 spiro atoms. The summed E-state index contributed by atoms with van der Waals surface area (Å²) in [6.07, 6.45) is 0. The van der Waals surface area contributed by atoms with Crippen LogP contribution in [0.4, 0.5) is 5.69 Å². The van der Waals surface area contributed by atoms with Crippen LogP contribution in [0.3, 0.4) is 0 Å². The first-order chi connectivity index (χ1) is 7.58. The molecule has 0 amide bonds. The Morgan fingerprint density at radius 1 is 1.25 bits per heavy atom. The molecular weight excluding hydrogens is 200 g/mol. The summed E-state index contributed by atoms with van der Waals surface area (Å²) in [5.41, 5.74) is 10.6. The molecule has 0 aromatic carbocycles. The van der Waals surface area contributed by atoms with Crippen molar-refractivity contribution in [2.24, 2.45) is 0 Å². The van der Waals surface area contributed by atoms with E-state index in [1.165, 1.54) is 0 Å². The van der Waals surface area contributed by atoms with Gasteiger partial charge in [-0.3, -0.25) is 9.67 Å². The molecule has 0 unspecified atom stereocenters. The highest BCUT2D eigenvalue weighted by Crippen LogP contribution is 2.15. The molecule has 0 atom stereocenters. The van der Waals surface area contributed by atoms with Crippen LogP contribution in [0.5, 0.6) is 0 Å². The number of rotatable bonds is 2. The van der Waals surface area contributed by atoms with Crippen LogP contribution < -0.4 is 5.73 Å². The molecule has 2 aromatic rings. The quantitative estimate of drug-likeness (QED) is 0.833. The van der Waals surface area contributed by atoms with Crippen LogP contribution in [0, 0.1) is 20.8 Å². The smallest absolute Gasteiger partial charge is 0.0835 e. The van der Waals surface area contributed by atoms with Gasteiger partial charge < -0.3 is 5.73 Å². The van der Waals surface area contributed by atoms with Crippen molar-refractivity contribution in [1.82, 2.24) is 14.8 Å². The van der Waals surface area contributed by atoms with Gasteiger partial charge in [0.05, 0.1) is 29.3 Å². The lowest BCUT2D eigenvalue weighted by atomic mass is 10.3. The Morgan fingerprint density at radius 3 is 2.56 bits per heavy atom. The van der Waals surface area contributed by atoms with E-state index in [0.29, 0.717) is 6.54 Å². The van der Waals surface area contributed by atoms with E-state index >= 15 is 0 Å². The molecule has 84 valence electrons. The van der Waals surface area contributed by atoms with Crippen molar-refractivity contribution in [3.63, 3.8) is 0 Å². The average molecular weight is 216 g/mol. The number of nitrogens with two attached hydrogens (primary N) is 1. The third kappa shape index (κ3) is 1.91. The van der Waals surface area contributed by atoms with Crippen molar-refractivity contribution in [1.29, 1.82) is 0 Å². The van der Waals surface area contributed by atoms with E-state index in [9.17, 15) is 0 Å². The molecule has 2 heterocycles. The summed E-state index contributed by atoms with van der Waals surface area (Å²) in [4.78, 5) is 4.45. The van der Waals surface area contributed by atoms with Gasteiger partial charge in [-0.2, -0.15) is 5.10 Å². The highest BCUT2D eigenvalue weighted by Gasteiger charge is 2.08. The minimum Gasteiger partial charge on any atom is -0.396 e. The zero-order valence-corrected chi connectivity index (χ0v) is 9.86. The lowest BCUT2D eigenvalue weighted by Crippen LogP contribution is -2.06. The Hall–Kier alpha value is -1.84. The Labute approximate surface area is 95.1 Å². The Bertz CT molecular complexity index is 514. The molecule has 0 aliphatic carbocycles. The summed E-state index contributed by atoms with van der Waals surface area (Å²) in [6, 6.07) is 5.99. The van der Waals surface area contributed by atoms with Crippen LogP contribution in [-0.2, 0) is 6.54 Å². The van der Waals surface area contributed by atoms with Gasteiger partial charge in [0.15, 0.2) is 0 Å². The second-order valence-electron chi connectivity index (χ2n) is 4.01. The maximum Gasteiger partial charge on any atom is 0.0835 e. The Kier molecular flexibility index (Phi) is 2.64. The number of anilines is 1. The third-order valence-corrected chi connectivity index (χ3v) is 2.70. The van der Waals surface area contributed by atoms with Crippen molar-refractivity contribution in [2.45, 2.75) is 27.3 Å². The van der Waals surface area contributed by atoms with Gasteiger partial charge in [0.2, 0.25) is 0 Å². The van der Waals surface area contributed by atoms with Gasteiger partial charge >= 0.3 is 0 Å². The van der Waals surface area contributed by atoms with Crippen LogP contribution in [-0.4, -0.2) is 14.8 Å². The molecule has 0 fully saturated rings. The molecule has 0 radical (unpaired) electrons. The molecule has 0 saturated carbocycles. The van der Waals surface area contributed by atoms with Crippen LogP contribution in [0.1, 0.15) is 22.8 Å². The van der Waals surface area contributed by atoms with E-state index in [1.54, 1.807) is 0 Å². The number of hydrogen-bond acceptors (Lipinski definition) is 3. The Morgan fingerprint density at radius 2 is 2.00 bits per heavy atom. The summed E-state index contributed by atoms with van der Waals surface area (Å²) in [5.74, 6) is 0. The van der Waals surface area contributed by atoms with Gasteiger partial charge in [0.1, 0.15) is 0 Å². The van der Waals surface area contributed by atoms with Crippen LogP contribution in [0.2, 0.25) is 0 Å². The van der Waals surface area contributed by atoms with Crippen LogP contribution in [0.15, 0.2) is 18.2 Å². The monoisotopic (exact) mass is 216 g/mol. The number of aromatic nitrogens is 3. The van der Waals surface area contributed by atoms with Gasteiger partial charge in [0.25, 0.3) is 0 Å². The fraction of sp³-hybridized carbons (Fsp3) is 0.333. The number of hydrogen-bond donors (Lipinski definition) is 1. The minimum atomic E-state index is 0.672. The maximum absolute atomic E-state index is 5.88. The molecule has 2 aromatic heterocycles. The second kappa shape index (κ2) is 3.96. The van der Waals surface area contributed by atoms with E-state index in [-0.39, 0.29) is 0 Å². The molecule has 2 rings (SSSR count). The van der Waals surface area contributed by atoms with Crippen molar-refractivity contribution in [3.8, 4) is 0 Å². The standard InChI is InChI=1S/C12H16N4/c1-8-5-4-6-11(14-8)7-16-10(3)12(13)9(2)15-16/h4-6H,7,13H2,1-3H3. The zero-order chi connectivity index (χ0) is 11.7. The van der Waals surface area contributed by atoms with E-state index in [0.717, 1.165) is 28.5 Å². The van der Waals surface area contributed by atoms with Crippen LogP contribution >= 0.6 is 0 Å². The van der Waals surface area contributed by atoms with Gasteiger partial charge in [-0.25, -0.2) is 0 Å². The molecule has 0 bridgehead atoms. The van der Waals surface area contributed by atoms with Crippen molar-refractivity contribution in [2.75, 3.05) is 5.73 Å². The lowest BCUT2D eigenvalue weighted by Gasteiger charge is -2.04. The highest BCUT2D eigenvalue weighted by molar-refractivity contribution is 5.46. The summed E-state index contributed by atoms with van der Waals surface area (Å²) in [6.45, 7) is 6.55. The fourth-order valence-electron chi connectivity index (χ4n) is 1.71. The second-order valence-corrected chi connectivity index (χ2v) is 4.01. The number of nitrogens with zero attached hydrogens (tertiary/aromatic N) is 3. The number of nitrogen functional groups attached to an aromatic ring is 1. The first-order valence-electron chi connectivity index (χ1n) is 5.30. The van der Waals surface area contributed by atoms with E-state index < -0.39 is 0 Å². The van der Waals surface area contributed by atoms with Gasteiger partial charge in [-0.1, -0.05) is 6.07 Å². The van der Waals surface area contributed by atoms with Crippen molar-refractivity contribution in [3.05, 3.63) is 41.0 Å². The van der Waals surface area contributed by atoms with Crippen molar-refractivity contribution >= 4 is 5.69 Å². The summed E-state index contributed by atoms with van der Waals surface area (Å²) in [5, 5.41) is 4.39. The summed E-state index contributed by atoms with van der Waals surface area (Å²) in [7, 11) is 0.